The summed E-state index contributed by atoms with van der Waals surface area (Å²) in [6, 6.07) is 3.92. The summed E-state index contributed by atoms with van der Waals surface area (Å²) < 4.78 is -0.157. The third-order valence-corrected chi connectivity index (χ3v) is 6.63. The number of aliphatic hydroxyl groups is 1. The highest BCUT2D eigenvalue weighted by Crippen LogP contribution is 2.40. The van der Waals surface area contributed by atoms with Crippen molar-refractivity contribution in [1.29, 1.82) is 0 Å². The van der Waals surface area contributed by atoms with Crippen LogP contribution in [0.25, 0.3) is 0 Å². The van der Waals surface area contributed by atoms with Crippen LogP contribution >= 0.6 is 0 Å². The first kappa shape index (κ1) is 21.8. The van der Waals surface area contributed by atoms with Gasteiger partial charge in [-0.25, -0.2) is 9.79 Å². The highest BCUT2D eigenvalue weighted by atomic mass is 16.7. The van der Waals surface area contributed by atoms with Gasteiger partial charge in [0, 0.05) is 18.4 Å². The average molecular weight is 430 g/mol. The number of fused-ring (bicyclic) bond motifs is 2. The Morgan fingerprint density at radius 1 is 1.29 bits per heavy atom. The highest BCUT2D eigenvalue weighted by Gasteiger charge is 2.48. The van der Waals surface area contributed by atoms with Crippen molar-refractivity contribution < 1.29 is 24.2 Å². The summed E-state index contributed by atoms with van der Waals surface area (Å²) in [6.07, 6.45) is 6.29. The Bertz CT molecular complexity index is 894. The van der Waals surface area contributed by atoms with Crippen molar-refractivity contribution in [2.45, 2.75) is 71.4 Å². The number of guanidine groups is 1. The van der Waals surface area contributed by atoms with Crippen LogP contribution in [0.5, 0.6) is 5.75 Å². The molecule has 2 aliphatic heterocycles. The topological polar surface area (TPSA) is 91.2 Å². The molecule has 1 saturated carbocycles. The molecule has 1 aliphatic carbocycles. The zero-order valence-corrected chi connectivity index (χ0v) is 18.5. The molecule has 0 spiro atoms. The highest BCUT2D eigenvalue weighted by molar-refractivity contribution is 6.06. The van der Waals surface area contributed by atoms with Gasteiger partial charge in [-0.1, -0.05) is 24.1 Å². The summed E-state index contributed by atoms with van der Waals surface area (Å²) >= 11 is 0. The van der Waals surface area contributed by atoms with E-state index in [1.807, 2.05) is 30.9 Å². The van der Waals surface area contributed by atoms with E-state index in [9.17, 15) is 14.7 Å². The van der Waals surface area contributed by atoms with Crippen LogP contribution in [-0.4, -0.2) is 58.2 Å². The van der Waals surface area contributed by atoms with E-state index in [1.54, 1.807) is 0 Å². The molecule has 2 amide bonds. The van der Waals surface area contributed by atoms with Crippen molar-refractivity contribution in [2.75, 3.05) is 19.7 Å². The number of carbonyl (C=O) groups excluding carboxylic acids is 2. The molecule has 1 aromatic rings. The zero-order valence-electron chi connectivity index (χ0n) is 18.5. The van der Waals surface area contributed by atoms with Crippen LogP contribution in [0.15, 0.2) is 17.1 Å². The van der Waals surface area contributed by atoms with E-state index >= 15 is 0 Å². The number of carbonyl (C=O) groups is 2. The minimum atomic E-state index is -0.157. The van der Waals surface area contributed by atoms with Gasteiger partial charge in [-0.3, -0.25) is 10.1 Å². The Hall–Kier alpha value is -2.45. The molecule has 8 nitrogen and oxygen atoms in total. The van der Waals surface area contributed by atoms with Crippen molar-refractivity contribution >= 4 is 23.5 Å². The molecular weight excluding hydrogens is 396 g/mol. The molecule has 0 aromatic heterocycles. The Labute approximate surface area is 183 Å². The van der Waals surface area contributed by atoms with Gasteiger partial charge < -0.3 is 14.8 Å². The zero-order chi connectivity index (χ0) is 22.0. The summed E-state index contributed by atoms with van der Waals surface area (Å²) in [5.74, 6) is 1.18. The Kier molecular flexibility index (Phi) is 6.29. The summed E-state index contributed by atoms with van der Waals surface area (Å²) in [6.45, 7) is 4.85. The second-order valence-electron chi connectivity index (χ2n) is 8.82. The fourth-order valence-corrected chi connectivity index (χ4v) is 5.04. The number of aliphatic hydroxyl groups excluding tert-OH is 1. The van der Waals surface area contributed by atoms with Gasteiger partial charge in [0.05, 0.1) is 25.3 Å². The molecule has 168 valence electrons. The number of aryl methyl sites for hydroxylation is 1. The maximum Gasteiger partial charge on any atom is 0.355 e. The molecule has 31 heavy (non-hydrogen) atoms. The summed E-state index contributed by atoms with van der Waals surface area (Å²) in [4.78, 5) is 38.6. The fraction of sp³-hybridized carbons (Fsp3) is 0.609. The lowest BCUT2D eigenvalue weighted by molar-refractivity contribution is -1.03. The van der Waals surface area contributed by atoms with Crippen molar-refractivity contribution in [1.82, 2.24) is 10.2 Å². The minimum Gasteiger partial charge on any atom is -0.390 e. The van der Waals surface area contributed by atoms with E-state index in [0.29, 0.717) is 24.7 Å². The molecule has 2 heterocycles. The van der Waals surface area contributed by atoms with Gasteiger partial charge in [-0.05, 0) is 37.8 Å². The minimum absolute atomic E-state index is 0.0264. The Balaban J connectivity index is 1.76. The summed E-state index contributed by atoms with van der Waals surface area (Å²) in [7, 11) is 0. The molecule has 2 fully saturated rings. The van der Waals surface area contributed by atoms with Gasteiger partial charge in [0.2, 0.25) is 17.6 Å². The van der Waals surface area contributed by atoms with Gasteiger partial charge in [-0.15, -0.1) is 0 Å². The van der Waals surface area contributed by atoms with Crippen LogP contribution in [0.1, 0.15) is 63.0 Å². The predicted octanol–water partition coefficient (Wildman–Crippen LogP) is 2.69. The lowest BCUT2D eigenvalue weighted by atomic mass is 9.93. The van der Waals surface area contributed by atoms with Gasteiger partial charge in [0.25, 0.3) is 0 Å². The molecule has 4 rings (SSSR count). The average Bonchev–Trinajstić information content (AvgIpc) is 3.13. The fourth-order valence-electron chi connectivity index (χ4n) is 5.04. The number of aliphatic imine (C=N–C) groups is 1. The molecule has 0 radical (unpaired) electrons. The first-order valence-electron chi connectivity index (χ1n) is 11.5. The van der Waals surface area contributed by atoms with E-state index in [2.05, 4.69) is 10.3 Å². The monoisotopic (exact) mass is 429 g/mol. The molecule has 1 unspecified atom stereocenters. The molecule has 1 aromatic carbocycles. The van der Waals surface area contributed by atoms with Crippen LogP contribution in [-0.2, 0) is 16.1 Å². The predicted molar refractivity (Wildman–Crippen MR) is 116 cm³/mol. The van der Waals surface area contributed by atoms with Crippen LogP contribution in [0.2, 0.25) is 0 Å². The third kappa shape index (κ3) is 4.06. The van der Waals surface area contributed by atoms with Crippen LogP contribution in [0, 0.1) is 6.92 Å². The Morgan fingerprint density at radius 3 is 2.77 bits per heavy atom. The van der Waals surface area contributed by atoms with Crippen molar-refractivity contribution in [2.24, 2.45) is 4.99 Å². The van der Waals surface area contributed by atoms with Crippen LogP contribution in [0.3, 0.4) is 0 Å². The van der Waals surface area contributed by atoms with E-state index in [4.69, 9.17) is 4.84 Å². The normalized spacial score (nSPS) is 20.4. The van der Waals surface area contributed by atoms with Gasteiger partial charge >= 0.3 is 5.91 Å². The van der Waals surface area contributed by atoms with E-state index in [-0.39, 0.29) is 42.2 Å². The lowest BCUT2D eigenvalue weighted by Crippen LogP contribution is -2.63. The maximum atomic E-state index is 13.5. The molecule has 1 saturated heterocycles. The van der Waals surface area contributed by atoms with Crippen molar-refractivity contribution in [3.05, 3.63) is 23.3 Å². The molecule has 2 N–H and O–H groups in total. The maximum absolute atomic E-state index is 13.5. The number of benzene rings is 1. The second-order valence-corrected chi connectivity index (χ2v) is 8.82. The van der Waals surface area contributed by atoms with Gasteiger partial charge in [0.15, 0.2) is 0 Å². The van der Waals surface area contributed by atoms with Crippen molar-refractivity contribution in [3.8, 4) is 5.75 Å². The third-order valence-electron chi connectivity index (χ3n) is 6.63. The van der Waals surface area contributed by atoms with Crippen LogP contribution < -0.4 is 10.2 Å². The number of quaternary nitrogens is 1. The standard InChI is InChI=1S/C23H32N4O4/c1-3-7-21(30)27(12-13-28,17-8-5-4-6-9-17)31-22-16(2)10-11-19-18(22)14-26-15-20(29)25-23(26)24-19/h10-11,17,28H,3-9,12-15H2,1-2H3/p+1. The number of hydrogen-bond donors (Lipinski definition) is 2. The number of hydrogen-bond acceptors (Lipinski definition) is 6. The smallest absolute Gasteiger partial charge is 0.355 e. The quantitative estimate of drug-likeness (QED) is 0.514. The number of hydroxylamine groups is 3. The molecule has 3 aliphatic rings. The largest absolute Gasteiger partial charge is 0.390 e. The molecule has 8 heteroatoms. The lowest BCUT2D eigenvalue weighted by Gasteiger charge is -2.41. The molecule has 0 bridgehead atoms. The first-order valence-corrected chi connectivity index (χ1v) is 11.5. The van der Waals surface area contributed by atoms with Crippen molar-refractivity contribution in [3.63, 3.8) is 0 Å². The summed E-state index contributed by atoms with van der Waals surface area (Å²) in [5, 5.41) is 12.8. The Morgan fingerprint density at radius 2 is 2.06 bits per heavy atom. The van der Waals surface area contributed by atoms with Crippen LogP contribution in [0.4, 0.5) is 5.69 Å². The van der Waals surface area contributed by atoms with E-state index in [0.717, 1.165) is 48.9 Å². The second kappa shape index (κ2) is 8.96. The van der Waals surface area contributed by atoms with E-state index < -0.39 is 0 Å². The van der Waals surface area contributed by atoms with E-state index in [1.165, 1.54) is 6.42 Å². The number of amides is 2. The summed E-state index contributed by atoms with van der Waals surface area (Å²) in [5.41, 5.74) is 2.57. The molecular formula is C23H33N4O4+. The molecule has 1 atom stereocenters. The number of rotatable bonds is 7. The number of nitrogens with one attached hydrogen (secondary N) is 1. The first-order chi connectivity index (χ1) is 15.0. The SMILES string of the molecule is CCCC(=O)[N+](CCO)(Oc1c(C)ccc2c1CN1CC(=O)NC1=N2)C1CCCCC1. The van der Waals surface area contributed by atoms with Gasteiger partial charge in [-0.2, -0.15) is 0 Å². The number of nitrogens with zero attached hydrogens (tertiary/aromatic N) is 3. The van der Waals surface area contributed by atoms with Gasteiger partial charge in [0.1, 0.15) is 19.1 Å².